The van der Waals surface area contributed by atoms with Gasteiger partial charge in [0.15, 0.2) is 0 Å². The molecule has 0 saturated heterocycles. The minimum Gasteiger partial charge on any atom is -0.349 e. The van der Waals surface area contributed by atoms with Crippen molar-refractivity contribution in [2.75, 3.05) is 16.6 Å². The quantitative estimate of drug-likeness (QED) is 0.453. The summed E-state index contributed by atoms with van der Waals surface area (Å²) in [5.74, 6) is -0.902. The number of aryl methyl sites for hydroxylation is 1. The molecule has 3 aromatic rings. The third-order valence-corrected chi connectivity index (χ3v) is 5.92. The summed E-state index contributed by atoms with van der Waals surface area (Å²) in [5.41, 5.74) is 2.16. The van der Waals surface area contributed by atoms with Crippen LogP contribution >= 0.6 is 0 Å². The third kappa shape index (κ3) is 5.61. The molecule has 0 aliphatic carbocycles. The molecule has 0 bridgehead atoms. The van der Waals surface area contributed by atoms with Gasteiger partial charge in [-0.3, -0.25) is 14.3 Å². The standard InChI is InChI=1S/C24H23N3O4S/c1-3-15-25-24(29)21-9-4-5-10-22(21)26-23(28)18-7-6-8-20(16-18)32(30,31)27-19-13-11-17(2)12-14-19/h3-14,16,27H,1,15H2,2H3,(H,25,29)(H,26,28). The molecule has 164 valence electrons. The number of anilines is 2. The van der Waals surface area contributed by atoms with Crippen LogP contribution in [0.15, 0.2) is 90.3 Å². The molecule has 0 radical (unpaired) electrons. The molecule has 0 aliphatic rings. The first kappa shape index (κ1) is 22.8. The van der Waals surface area contributed by atoms with E-state index < -0.39 is 15.9 Å². The summed E-state index contributed by atoms with van der Waals surface area (Å²) in [6.07, 6.45) is 1.55. The predicted octanol–water partition coefficient (Wildman–Crippen LogP) is 3.96. The third-order valence-electron chi connectivity index (χ3n) is 4.54. The Labute approximate surface area is 187 Å². The molecular formula is C24H23N3O4S. The van der Waals surface area contributed by atoms with Crippen LogP contribution in [-0.4, -0.2) is 26.8 Å². The Hall–Kier alpha value is -3.91. The predicted molar refractivity (Wildman–Crippen MR) is 125 cm³/mol. The van der Waals surface area contributed by atoms with Crippen molar-refractivity contribution in [3.8, 4) is 0 Å². The lowest BCUT2D eigenvalue weighted by Crippen LogP contribution is -2.25. The molecule has 3 N–H and O–H groups in total. The van der Waals surface area contributed by atoms with Crippen LogP contribution < -0.4 is 15.4 Å². The van der Waals surface area contributed by atoms with E-state index in [4.69, 9.17) is 0 Å². The molecule has 0 atom stereocenters. The molecule has 0 fully saturated rings. The molecule has 0 aromatic heterocycles. The fraction of sp³-hybridized carbons (Fsp3) is 0.0833. The van der Waals surface area contributed by atoms with Gasteiger partial charge in [0.1, 0.15) is 0 Å². The van der Waals surface area contributed by atoms with Gasteiger partial charge in [0.2, 0.25) is 0 Å². The largest absolute Gasteiger partial charge is 0.349 e. The van der Waals surface area contributed by atoms with Crippen LogP contribution in [0.4, 0.5) is 11.4 Å². The van der Waals surface area contributed by atoms with E-state index >= 15 is 0 Å². The molecule has 2 amide bonds. The maximum absolute atomic E-state index is 12.8. The van der Waals surface area contributed by atoms with Crippen LogP contribution in [0.3, 0.4) is 0 Å². The van der Waals surface area contributed by atoms with E-state index in [0.29, 0.717) is 11.4 Å². The van der Waals surface area contributed by atoms with Crippen LogP contribution in [0.25, 0.3) is 0 Å². The zero-order valence-electron chi connectivity index (χ0n) is 17.5. The van der Waals surface area contributed by atoms with Crippen molar-refractivity contribution in [3.63, 3.8) is 0 Å². The van der Waals surface area contributed by atoms with Crippen molar-refractivity contribution in [2.45, 2.75) is 11.8 Å². The van der Waals surface area contributed by atoms with Crippen LogP contribution in [0, 0.1) is 6.92 Å². The molecule has 0 heterocycles. The van der Waals surface area contributed by atoms with E-state index in [1.54, 1.807) is 54.6 Å². The summed E-state index contributed by atoms with van der Waals surface area (Å²) in [6, 6.07) is 19.2. The van der Waals surface area contributed by atoms with Crippen molar-refractivity contribution in [1.29, 1.82) is 0 Å². The molecule has 0 unspecified atom stereocenters. The fourth-order valence-corrected chi connectivity index (χ4v) is 3.99. The van der Waals surface area contributed by atoms with Crippen LogP contribution in [0.2, 0.25) is 0 Å². The van der Waals surface area contributed by atoms with Gasteiger partial charge < -0.3 is 10.6 Å². The molecule has 8 heteroatoms. The first-order valence-corrected chi connectivity index (χ1v) is 11.3. The first-order valence-electron chi connectivity index (χ1n) is 9.79. The van der Waals surface area contributed by atoms with E-state index in [-0.39, 0.29) is 28.5 Å². The monoisotopic (exact) mass is 449 g/mol. The normalized spacial score (nSPS) is 10.8. The summed E-state index contributed by atoms with van der Waals surface area (Å²) in [5, 5.41) is 5.34. The van der Waals surface area contributed by atoms with Gasteiger partial charge >= 0.3 is 0 Å². The molecule has 0 saturated carbocycles. The Kier molecular flexibility index (Phi) is 7.07. The van der Waals surface area contributed by atoms with Gasteiger partial charge in [-0.2, -0.15) is 0 Å². The molecule has 7 nitrogen and oxygen atoms in total. The summed E-state index contributed by atoms with van der Waals surface area (Å²) < 4.78 is 28.0. The van der Waals surface area contributed by atoms with E-state index in [1.165, 1.54) is 24.3 Å². The minimum absolute atomic E-state index is 0.0530. The molecule has 3 rings (SSSR count). The van der Waals surface area contributed by atoms with Crippen LogP contribution in [-0.2, 0) is 10.0 Å². The summed E-state index contributed by atoms with van der Waals surface area (Å²) >= 11 is 0. The van der Waals surface area contributed by atoms with Gasteiger partial charge in [-0.1, -0.05) is 42.0 Å². The Balaban J connectivity index is 1.81. The van der Waals surface area contributed by atoms with Crippen molar-refractivity contribution in [2.24, 2.45) is 0 Å². The lowest BCUT2D eigenvalue weighted by molar-refractivity contribution is 0.0959. The maximum atomic E-state index is 12.8. The number of para-hydroxylation sites is 1. The number of nitrogens with one attached hydrogen (secondary N) is 3. The zero-order valence-corrected chi connectivity index (χ0v) is 18.3. The second-order valence-corrected chi connectivity index (χ2v) is 8.68. The van der Waals surface area contributed by atoms with Crippen LogP contribution in [0.1, 0.15) is 26.3 Å². The van der Waals surface area contributed by atoms with Crippen molar-refractivity contribution >= 4 is 33.2 Å². The van der Waals surface area contributed by atoms with Crippen molar-refractivity contribution in [3.05, 3.63) is 102 Å². The minimum atomic E-state index is -3.89. The topological polar surface area (TPSA) is 104 Å². The number of sulfonamides is 1. The lowest BCUT2D eigenvalue weighted by Gasteiger charge is -2.12. The van der Waals surface area contributed by atoms with E-state index in [9.17, 15) is 18.0 Å². The Morgan fingerprint density at radius 1 is 0.938 bits per heavy atom. The smallest absolute Gasteiger partial charge is 0.261 e. The Morgan fingerprint density at radius 3 is 2.38 bits per heavy atom. The highest BCUT2D eigenvalue weighted by molar-refractivity contribution is 7.92. The van der Waals surface area contributed by atoms with Gasteiger partial charge in [0, 0.05) is 17.8 Å². The SMILES string of the molecule is C=CCNC(=O)c1ccccc1NC(=O)c1cccc(S(=O)(=O)Nc2ccc(C)cc2)c1. The summed E-state index contributed by atoms with van der Waals surface area (Å²) in [6.45, 7) is 5.75. The van der Waals surface area contributed by atoms with Crippen molar-refractivity contribution < 1.29 is 18.0 Å². The highest BCUT2D eigenvalue weighted by Crippen LogP contribution is 2.20. The van der Waals surface area contributed by atoms with Crippen molar-refractivity contribution in [1.82, 2.24) is 5.32 Å². The van der Waals surface area contributed by atoms with Gasteiger partial charge in [0.25, 0.3) is 21.8 Å². The number of carbonyl (C=O) groups is 2. The van der Waals surface area contributed by atoms with Gasteiger partial charge in [-0.15, -0.1) is 6.58 Å². The number of benzene rings is 3. The van der Waals surface area contributed by atoms with E-state index in [1.807, 2.05) is 6.92 Å². The highest BCUT2D eigenvalue weighted by atomic mass is 32.2. The van der Waals surface area contributed by atoms with Gasteiger partial charge in [-0.05, 0) is 49.4 Å². The average Bonchev–Trinajstić information content (AvgIpc) is 2.79. The number of amides is 2. The lowest BCUT2D eigenvalue weighted by atomic mass is 10.1. The molecule has 32 heavy (non-hydrogen) atoms. The first-order chi connectivity index (χ1) is 15.3. The summed E-state index contributed by atoms with van der Waals surface area (Å²) in [4.78, 5) is 25.1. The van der Waals surface area contributed by atoms with Gasteiger partial charge in [-0.25, -0.2) is 8.42 Å². The van der Waals surface area contributed by atoms with E-state index in [2.05, 4.69) is 21.9 Å². The molecule has 3 aromatic carbocycles. The molecule has 0 spiro atoms. The summed E-state index contributed by atoms with van der Waals surface area (Å²) in [7, 11) is -3.89. The number of hydrogen-bond donors (Lipinski definition) is 3. The maximum Gasteiger partial charge on any atom is 0.261 e. The zero-order chi connectivity index (χ0) is 23.1. The number of rotatable bonds is 8. The van der Waals surface area contributed by atoms with E-state index in [0.717, 1.165) is 5.56 Å². The fourth-order valence-electron chi connectivity index (χ4n) is 2.88. The number of hydrogen-bond acceptors (Lipinski definition) is 4. The number of carbonyl (C=O) groups excluding carboxylic acids is 2. The average molecular weight is 450 g/mol. The second-order valence-electron chi connectivity index (χ2n) is 7.00. The van der Waals surface area contributed by atoms with Gasteiger partial charge in [0.05, 0.1) is 16.1 Å². The highest BCUT2D eigenvalue weighted by Gasteiger charge is 2.18. The Bertz CT molecular complexity index is 1250. The van der Waals surface area contributed by atoms with Crippen LogP contribution in [0.5, 0.6) is 0 Å². The second kappa shape index (κ2) is 9.93. The molecule has 0 aliphatic heterocycles. The molecular weight excluding hydrogens is 426 g/mol. The Morgan fingerprint density at radius 2 is 1.66 bits per heavy atom.